The number of carbonyl (C=O) groups excluding carboxylic acids is 1. The largest absolute Gasteiger partial charge is 0.460 e. The molecule has 0 spiro atoms. The molecular weight excluding hydrogens is 275 g/mol. The zero-order valence-electron chi connectivity index (χ0n) is 10.4. The fraction of sp³-hybridized carbons (Fsp3) is 0.231. The minimum Gasteiger partial charge on any atom is -0.460 e. The molecular formula is C13H10F3NO3. The Bertz CT molecular complexity index is 619. The van der Waals surface area contributed by atoms with Gasteiger partial charge in [-0.05, 0) is 13.0 Å². The third-order valence-electron chi connectivity index (χ3n) is 2.52. The molecule has 0 saturated heterocycles. The van der Waals surface area contributed by atoms with Gasteiger partial charge in [-0.25, -0.2) is 9.78 Å². The summed E-state index contributed by atoms with van der Waals surface area (Å²) in [6.45, 7) is 1.66. The molecule has 0 fully saturated rings. The molecule has 1 aromatic carbocycles. The number of carbonyl (C=O) groups is 1. The molecule has 4 nitrogen and oxygen atoms in total. The van der Waals surface area contributed by atoms with Crippen LogP contribution in [0.3, 0.4) is 0 Å². The maximum Gasteiger partial charge on any atom is 0.417 e. The van der Waals surface area contributed by atoms with Crippen molar-refractivity contribution in [2.75, 3.05) is 6.61 Å². The van der Waals surface area contributed by atoms with Crippen molar-refractivity contribution in [1.29, 1.82) is 0 Å². The highest BCUT2D eigenvalue weighted by molar-refractivity contribution is 5.93. The first-order valence-corrected chi connectivity index (χ1v) is 5.72. The Morgan fingerprint density at radius 2 is 2.05 bits per heavy atom. The van der Waals surface area contributed by atoms with Gasteiger partial charge in [0, 0.05) is 5.56 Å². The first-order chi connectivity index (χ1) is 9.45. The minimum atomic E-state index is -4.55. The van der Waals surface area contributed by atoms with E-state index in [1.165, 1.54) is 18.2 Å². The first-order valence-electron chi connectivity index (χ1n) is 5.72. The van der Waals surface area contributed by atoms with E-state index in [1.807, 2.05) is 0 Å². The maximum atomic E-state index is 12.9. The Balaban J connectivity index is 2.54. The highest BCUT2D eigenvalue weighted by Crippen LogP contribution is 2.37. The van der Waals surface area contributed by atoms with Crippen LogP contribution in [0.4, 0.5) is 13.2 Å². The van der Waals surface area contributed by atoms with Crippen LogP contribution in [0.15, 0.2) is 35.1 Å². The SMILES string of the molecule is CCOC(=O)c1ocnc1-c1ccccc1C(F)(F)F. The molecule has 2 aromatic rings. The summed E-state index contributed by atoms with van der Waals surface area (Å²) in [7, 11) is 0. The summed E-state index contributed by atoms with van der Waals surface area (Å²) in [6.07, 6.45) is -3.64. The second-order valence-electron chi connectivity index (χ2n) is 3.79. The van der Waals surface area contributed by atoms with Crippen molar-refractivity contribution in [3.8, 4) is 11.3 Å². The number of ether oxygens (including phenoxy) is 1. The van der Waals surface area contributed by atoms with Crippen LogP contribution < -0.4 is 0 Å². The second kappa shape index (κ2) is 5.36. The zero-order chi connectivity index (χ0) is 14.8. The molecule has 106 valence electrons. The number of halogens is 3. The summed E-state index contributed by atoms with van der Waals surface area (Å²) < 4.78 is 48.4. The summed E-state index contributed by atoms with van der Waals surface area (Å²) in [4.78, 5) is 15.3. The van der Waals surface area contributed by atoms with E-state index < -0.39 is 17.7 Å². The Kier molecular flexibility index (Phi) is 3.78. The highest BCUT2D eigenvalue weighted by Gasteiger charge is 2.35. The lowest BCUT2D eigenvalue weighted by atomic mass is 10.0. The van der Waals surface area contributed by atoms with Gasteiger partial charge >= 0.3 is 12.1 Å². The van der Waals surface area contributed by atoms with E-state index in [0.29, 0.717) is 0 Å². The summed E-state index contributed by atoms with van der Waals surface area (Å²) in [5, 5.41) is 0. The van der Waals surface area contributed by atoms with Crippen molar-refractivity contribution in [3.63, 3.8) is 0 Å². The van der Waals surface area contributed by atoms with Crippen molar-refractivity contribution in [1.82, 2.24) is 4.98 Å². The van der Waals surface area contributed by atoms with Gasteiger partial charge in [0.1, 0.15) is 5.69 Å². The van der Waals surface area contributed by atoms with E-state index in [4.69, 9.17) is 9.15 Å². The van der Waals surface area contributed by atoms with Gasteiger partial charge in [0.25, 0.3) is 0 Å². The number of esters is 1. The zero-order valence-corrected chi connectivity index (χ0v) is 10.4. The molecule has 1 heterocycles. The molecule has 0 atom stereocenters. The Hall–Kier alpha value is -2.31. The van der Waals surface area contributed by atoms with E-state index >= 15 is 0 Å². The molecule has 0 unspecified atom stereocenters. The third-order valence-corrected chi connectivity index (χ3v) is 2.52. The van der Waals surface area contributed by atoms with Gasteiger partial charge in [0.2, 0.25) is 5.76 Å². The number of nitrogens with zero attached hydrogens (tertiary/aromatic N) is 1. The molecule has 0 aliphatic heterocycles. The van der Waals surface area contributed by atoms with Crippen molar-refractivity contribution in [2.24, 2.45) is 0 Å². The van der Waals surface area contributed by atoms with Crippen LogP contribution in [0, 0.1) is 0 Å². The standard InChI is InChI=1S/C13H10F3NO3/c1-2-19-12(18)11-10(17-7-20-11)8-5-3-4-6-9(8)13(14,15)16/h3-7H,2H2,1H3. The van der Waals surface area contributed by atoms with Crippen molar-refractivity contribution in [3.05, 3.63) is 42.0 Å². The van der Waals surface area contributed by atoms with E-state index in [2.05, 4.69) is 4.98 Å². The summed E-state index contributed by atoms with van der Waals surface area (Å²) in [5.74, 6) is -1.19. The van der Waals surface area contributed by atoms with Crippen LogP contribution in [0.2, 0.25) is 0 Å². The van der Waals surface area contributed by atoms with Crippen LogP contribution in [-0.2, 0) is 10.9 Å². The number of benzene rings is 1. The molecule has 0 bridgehead atoms. The van der Waals surface area contributed by atoms with Crippen LogP contribution in [0.25, 0.3) is 11.3 Å². The van der Waals surface area contributed by atoms with E-state index in [9.17, 15) is 18.0 Å². The van der Waals surface area contributed by atoms with Crippen molar-refractivity contribution in [2.45, 2.75) is 13.1 Å². The number of aromatic nitrogens is 1. The van der Waals surface area contributed by atoms with Gasteiger partial charge in [-0.2, -0.15) is 13.2 Å². The second-order valence-corrected chi connectivity index (χ2v) is 3.79. The van der Waals surface area contributed by atoms with Gasteiger partial charge < -0.3 is 9.15 Å². The highest BCUT2D eigenvalue weighted by atomic mass is 19.4. The van der Waals surface area contributed by atoms with E-state index in [-0.39, 0.29) is 23.6 Å². The quantitative estimate of drug-likeness (QED) is 0.809. The fourth-order valence-electron chi connectivity index (χ4n) is 1.72. The molecule has 0 saturated carbocycles. The van der Waals surface area contributed by atoms with Gasteiger partial charge in [-0.3, -0.25) is 0 Å². The predicted molar refractivity (Wildman–Crippen MR) is 62.9 cm³/mol. The smallest absolute Gasteiger partial charge is 0.417 e. The molecule has 0 N–H and O–H groups in total. The fourth-order valence-corrected chi connectivity index (χ4v) is 1.72. The normalized spacial score (nSPS) is 11.4. The predicted octanol–water partition coefficient (Wildman–Crippen LogP) is 3.54. The number of oxazole rings is 1. The van der Waals surface area contributed by atoms with Crippen LogP contribution in [0.5, 0.6) is 0 Å². The third kappa shape index (κ3) is 2.66. The Labute approximate surface area is 112 Å². The Morgan fingerprint density at radius 3 is 2.70 bits per heavy atom. The van der Waals surface area contributed by atoms with Crippen molar-refractivity contribution < 1.29 is 27.1 Å². The monoisotopic (exact) mass is 285 g/mol. The van der Waals surface area contributed by atoms with Crippen LogP contribution >= 0.6 is 0 Å². The lowest BCUT2D eigenvalue weighted by Gasteiger charge is -2.11. The summed E-state index contributed by atoms with van der Waals surface area (Å²) in [6, 6.07) is 4.83. The molecule has 0 amide bonds. The Morgan fingerprint density at radius 1 is 1.35 bits per heavy atom. The first kappa shape index (κ1) is 14.1. The maximum absolute atomic E-state index is 12.9. The molecule has 20 heavy (non-hydrogen) atoms. The van der Waals surface area contributed by atoms with Crippen molar-refractivity contribution >= 4 is 5.97 Å². The van der Waals surface area contributed by atoms with Gasteiger partial charge in [-0.15, -0.1) is 0 Å². The molecule has 1 aromatic heterocycles. The summed E-state index contributed by atoms with van der Waals surface area (Å²) in [5.41, 5.74) is -1.30. The molecule has 2 rings (SSSR count). The number of alkyl halides is 3. The van der Waals surface area contributed by atoms with Crippen LogP contribution in [-0.4, -0.2) is 17.6 Å². The van der Waals surface area contributed by atoms with E-state index in [0.717, 1.165) is 12.5 Å². The minimum absolute atomic E-state index is 0.0832. The molecule has 0 aliphatic carbocycles. The van der Waals surface area contributed by atoms with Gasteiger partial charge in [0.15, 0.2) is 6.39 Å². The number of hydrogen-bond donors (Lipinski definition) is 0. The lowest BCUT2D eigenvalue weighted by Crippen LogP contribution is -2.09. The molecule has 7 heteroatoms. The number of rotatable bonds is 3. The topological polar surface area (TPSA) is 52.3 Å². The summed E-state index contributed by atoms with van der Waals surface area (Å²) >= 11 is 0. The number of hydrogen-bond acceptors (Lipinski definition) is 4. The van der Waals surface area contributed by atoms with E-state index in [1.54, 1.807) is 6.92 Å². The molecule has 0 aliphatic rings. The van der Waals surface area contributed by atoms with Gasteiger partial charge in [-0.1, -0.05) is 18.2 Å². The van der Waals surface area contributed by atoms with Crippen LogP contribution in [0.1, 0.15) is 23.0 Å². The average Bonchev–Trinajstić information content (AvgIpc) is 2.87. The average molecular weight is 285 g/mol. The lowest BCUT2D eigenvalue weighted by molar-refractivity contribution is -0.137. The van der Waals surface area contributed by atoms with Gasteiger partial charge in [0.05, 0.1) is 12.2 Å². The molecule has 0 radical (unpaired) electrons.